The molecule has 12 heavy (non-hydrogen) atoms. The molecule has 2 heterocycles. The van der Waals surface area contributed by atoms with Crippen molar-refractivity contribution >= 4 is 10.9 Å². The molecule has 0 unspecified atom stereocenters. The third kappa shape index (κ3) is 0.795. The highest BCUT2D eigenvalue weighted by Gasteiger charge is 2.04. The fourth-order valence-corrected chi connectivity index (χ4v) is 1.19. The standard InChI is InChI=1S/C7H7N3O2/c1-3-2-4-5(8-3)7(12)10-9-6(4)11/h2,8H,1H3,(H,9,11)(H,10,12). The van der Waals surface area contributed by atoms with Gasteiger partial charge in [0.15, 0.2) is 0 Å². The van der Waals surface area contributed by atoms with Crippen LogP contribution >= 0.6 is 0 Å². The van der Waals surface area contributed by atoms with Crippen LogP contribution in [0.15, 0.2) is 15.7 Å². The fraction of sp³-hybridized carbons (Fsp3) is 0.143. The minimum Gasteiger partial charge on any atom is -0.354 e. The summed E-state index contributed by atoms with van der Waals surface area (Å²) in [5, 5.41) is 4.87. The van der Waals surface area contributed by atoms with Crippen molar-refractivity contribution in [1.29, 1.82) is 0 Å². The zero-order chi connectivity index (χ0) is 8.72. The van der Waals surface area contributed by atoms with Gasteiger partial charge >= 0.3 is 0 Å². The molecule has 5 nitrogen and oxygen atoms in total. The maximum absolute atomic E-state index is 11.1. The van der Waals surface area contributed by atoms with Crippen LogP contribution in [0.3, 0.4) is 0 Å². The van der Waals surface area contributed by atoms with E-state index >= 15 is 0 Å². The molecule has 2 rings (SSSR count). The van der Waals surface area contributed by atoms with E-state index in [1.165, 1.54) is 0 Å². The monoisotopic (exact) mass is 165 g/mol. The molecule has 0 aliphatic heterocycles. The molecule has 2 aromatic rings. The Hall–Kier alpha value is -1.78. The van der Waals surface area contributed by atoms with Crippen molar-refractivity contribution in [2.24, 2.45) is 0 Å². The SMILES string of the molecule is Cc1cc2c(=O)[nH][nH]c(=O)c2[nH]1. The van der Waals surface area contributed by atoms with Gasteiger partial charge in [0.2, 0.25) is 0 Å². The van der Waals surface area contributed by atoms with Gasteiger partial charge in [0, 0.05) is 5.69 Å². The van der Waals surface area contributed by atoms with Crippen molar-refractivity contribution in [2.75, 3.05) is 0 Å². The molecule has 0 aliphatic carbocycles. The largest absolute Gasteiger partial charge is 0.354 e. The van der Waals surface area contributed by atoms with Gasteiger partial charge in [-0.15, -0.1) is 0 Å². The highest BCUT2D eigenvalue weighted by atomic mass is 16.1. The zero-order valence-electron chi connectivity index (χ0n) is 6.39. The van der Waals surface area contributed by atoms with Crippen molar-refractivity contribution in [3.05, 3.63) is 32.5 Å². The second-order valence-electron chi connectivity index (χ2n) is 2.65. The molecular formula is C7H7N3O2. The Balaban J connectivity index is 3.14. The lowest BCUT2D eigenvalue weighted by molar-refractivity contribution is 0.973. The molecule has 62 valence electrons. The molecule has 0 aromatic carbocycles. The van der Waals surface area contributed by atoms with E-state index in [0.29, 0.717) is 10.9 Å². The summed E-state index contributed by atoms with van der Waals surface area (Å²) in [7, 11) is 0. The third-order valence-electron chi connectivity index (χ3n) is 1.71. The van der Waals surface area contributed by atoms with E-state index in [1.54, 1.807) is 13.0 Å². The number of aromatic nitrogens is 3. The summed E-state index contributed by atoms with van der Waals surface area (Å²) in [4.78, 5) is 25.0. The van der Waals surface area contributed by atoms with Gasteiger partial charge < -0.3 is 4.98 Å². The van der Waals surface area contributed by atoms with Crippen LogP contribution in [0.1, 0.15) is 5.69 Å². The second-order valence-corrected chi connectivity index (χ2v) is 2.65. The summed E-state index contributed by atoms with van der Waals surface area (Å²) in [6, 6.07) is 1.64. The van der Waals surface area contributed by atoms with Crippen molar-refractivity contribution < 1.29 is 0 Å². The lowest BCUT2D eigenvalue weighted by Gasteiger charge is -1.85. The average Bonchev–Trinajstić information content (AvgIpc) is 2.41. The van der Waals surface area contributed by atoms with Crippen molar-refractivity contribution in [1.82, 2.24) is 15.2 Å². The van der Waals surface area contributed by atoms with Crippen LogP contribution in [0, 0.1) is 6.92 Å². The van der Waals surface area contributed by atoms with E-state index in [2.05, 4.69) is 15.2 Å². The smallest absolute Gasteiger partial charge is 0.286 e. The fourth-order valence-electron chi connectivity index (χ4n) is 1.19. The van der Waals surface area contributed by atoms with E-state index in [1.807, 2.05) is 0 Å². The van der Waals surface area contributed by atoms with E-state index < -0.39 is 0 Å². The number of H-pyrrole nitrogens is 3. The van der Waals surface area contributed by atoms with E-state index in [9.17, 15) is 9.59 Å². The molecule has 0 bridgehead atoms. The van der Waals surface area contributed by atoms with Gasteiger partial charge in [0.1, 0.15) is 5.52 Å². The quantitative estimate of drug-likeness (QED) is 0.507. The number of fused-ring (bicyclic) bond motifs is 1. The van der Waals surface area contributed by atoms with Crippen LogP contribution in [-0.4, -0.2) is 15.2 Å². The van der Waals surface area contributed by atoms with Crippen LogP contribution in [0.5, 0.6) is 0 Å². The molecule has 0 amide bonds. The van der Waals surface area contributed by atoms with E-state index in [0.717, 1.165) is 5.69 Å². The summed E-state index contributed by atoms with van der Waals surface area (Å²) >= 11 is 0. The van der Waals surface area contributed by atoms with Crippen LogP contribution in [0.25, 0.3) is 10.9 Å². The number of nitrogens with one attached hydrogen (secondary N) is 3. The van der Waals surface area contributed by atoms with Crippen LogP contribution in [0.2, 0.25) is 0 Å². The molecular weight excluding hydrogens is 158 g/mol. The topological polar surface area (TPSA) is 81.5 Å². The van der Waals surface area contributed by atoms with Crippen LogP contribution in [0.4, 0.5) is 0 Å². The summed E-state index contributed by atoms with van der Waals surface area (Å²) in [5.41, 5.74) is 0.537. The van der Waals surface area contributed by atoms with Crippen molar-refractivity contribution in [3.63, 3.8) is 0 Å². The van der Waals surface area contributed by atoms with Gasteiger partial charge in [-0.25, -0.2) is 0 Å². The summed E-state index contributed by atoms with van der Waals surface area (Å²) in [5.74, 6) is 0. The highest BCUT2D eigenvalue weighted by molar-refractivity contribution is 5.77. The lowest BCUT2D eigenvalue weighted by atomic mass is 10.3. The third-order valence-corrected chi connectivity index (χ3v) is 1.71. The molecule has 0 aliphatic rings. The Morgan fingerprint density at radius 3 is 2.50 bits per heavy atom. The molecule has 2 aromatic heterocycles. The minimum absolute atomic E-state index is 0.283. The van der Waals surface area contributed by atoms with Crippen molar-refractivity contribution in [2.45, 2.75) is 6.92 Å². The first-order valence-corrected chi connectivity index (χ1v) is 3.49. The first-order valence-electron chi connectivity index (χ1n) is 3.49. The maximum atomic E-state index is 11.1. The number of aryl methyl sites for hydroxylation is 1. The van der Waals surface area contributed by atoms with Gasteiger partial charge in [-0.05, 0) is 13.0 Å². The predicted octanol–water partition coefficient (Wildman–Crippen LogP) is -0.147. The highest BCUT2D eigenvalue weighted by Crippen LogP contribution is 2.03. The summed E-state index contributed by atoms with van der Waals surface area (Å²) in [6.45, 7) is 1.79. The molecule has 3 N–H and O–H groups in total. The van der Waals surface area contributed by atoms with Crippen LogP contribution < -0.4 is 11.1 Å². The Kier molecular flexibility index (Phi) is 1.21. The number of aromatic amines is 3. The number of hydrogen-bond acceptors (Lipinski definition) is 2. The maximum Gasteiger partial charge on any atom is 0.286 e. The van der Waals surface area contributed by atoms with Crippen molar-refractivity contribution in [3.8, 4) is 0 Å². The van der Waals surface area contributed by atoms with Crippen LogP contribution in [-0.2, 0) is 0 Å². The Labute approximate surface area is 66.4 Å². The van der Waals surface area contributed by atoms with Gasteiger partial charge in [-0.3, -0.25) is 19.8 Å². The second kappa shape index (κ2) is 2.10. The Morgan fingerprint density at radius 2 is 1.83 bits per heavy atom. The van der Waals surface area contributed by atoms with Gasteiger partial charge in [-0.1, -0.05) is 0 Å². The Morgan fingerprint density at radius 1 is 1.17 bits per heavy atom. The number of rotatable bonds is 0. The minimum atomic E-state index is -0.308. The van der Waals surface area contributed by atoms with E-state index in [-0.39, 0.29) is 11.1 Å². The van der Waals surface area contributed by atoms with Gasteiger partial charge in [0.25, 0.3) is 11.1 Å². The first-order chi connectivity index (χ1) is 5.68. The molecule has 0 fully saturated rings. The molecule has 0 atom stereocenters. The summed E-state index contributed by atoms with van der Waals surface area (Å²) < 4.78 is 0. The lowest BCUT2D eigenvalue weighted by Crippen LogP contribution is -2.18. The first kappa shape index (κ1) is 6.90. The Bertz CT molecular complexity index is 484. The molecule has 0 saturated heterocycles. The zero-order valence-corrected chi connectivity index (χ0v) is 6.39. The van der Waals surface area contributed by atoms with E-state index in [4.69, 9.17) is 0 Å². The molecule has 5 heteroatoms. The average molecular weight is 165 g/mol. The summed E-state index contributed by atoms with van der Waals surface area (Å²) in [6.07, 6.45) is 0. The molecule has 0 spiro atoms. The normalized spacial score (nSPS) is 10.8. The predicted molar refractivity (Wildman–Crippen MR) is 44.3 cm³/mol. The van der Waals surface area contributed by atoms with Gasteiger partial charge in [0.05, 0.1) is 5.39 Å². The van der Waals surface area contributed by atoms with Gasteiger partial charge in [-0.2, -0.15) is 0 Å². The molecule has 0 saturated carbocycles. The molecule has 0 radical (unpaired) electrons. The number of hydrogen-bond donors (Lipinski definition) is 3.